The normalized spacial score (nSPS) is 21.8. The molecule has 0 aliphatic carbocycles. The first-order valence-corrected chi connectivity index (χ1v) is 8.54. The molecule has 1 saturated heterocycles. The lowest BCUT2D eigenvalue weighted by atomic mass is 10.1. The standard InChI is InChI=1S/C13H11NO4S2/c15-11-8-4-1-2-5-9(8)12(16)14(11)18-13(17)10-6-3-7-19-20-10/h1-2,4-5,10H,3,6-7H2. The molecule has 1 aromatic rings. The van der Waals surface area contributed by atoms with E-state index in [-0.39, 0.29) is 16.4 Å². The summed E-state index contributed by atoms with van der Waals surface area (Å²) < 4.78 is 0. The Kier molecular flexibility index (Phi) is 3.71. The van der Waals surface area contributed by atoms with E-state index >= 15 is 0 Å². The highest BCUT2D eigenvalue weighted by Gasteiger charge is 2.40. The van der Waals surface area contributed by atoms with E-state index < -0.39 is 17.8 Å². The molecule has 2 amide bonds. The SMILES string of the molecule is O=C(ON1C(=O)c2ccccc2C1=O)C1CCCSS1. The molecular weight excluding hydrogens is 298 g/mol. The highest BCUT2D eigenvalue weighted by Crippen LogP contribution is 2.36. The third-order valence-electron chi connectivity index (χ3n) is 3.08. The third-order valence-corrected chi connectivity index (χ3v) is 5.94. The van der Waals surface area contributed by atoms with Crippen LogP contribution in [-0.4, -0.2) is 33.8 Å². The first-order valence-electron chi connectivity index (χ1n) is 6.16. The van der Waals surface area contributed by atoms with E-state index in [0.717, 1.165) is 12.2 Å². The van der Waals surface area contributed by atoms with E-state index in [2.05, 4.69) is 0 Å². The van der Waals surface area contributed by atoms with Gasteiger partial charge in [0.15, 0.2) is 0 Å². The summed E-state index contributed by atoms with van der Waals surface area (Å²) in [6.45, 7) is 0. The maximum atomic E-state index is 12.0. The second kappa shape index (κ2) is 5.49. The number of benzene rings is 1. The summed E-state index contributed by atoms with van der Waals surface area (Å²) >= 11 is 0. The van der Waals surface area contributed by atoms with Crippen molar-refractivity contribution in [2.75, 3.05) is 5.75 Å². The number of hydroxylamine groups is 2. The molecule has 0 saturated carbocycles. The van der Waals surface area contributed by atoms with Gasteiger partial charge in [0.1, 0.15) is 5.25 Å². The first kappa shape index (κ1) is 13.5. The quantitative estimate of drug-likeness (QED) is 0.617. The minimum atomic E-state index is -0.576. The lowest BCUT2D eigenvalue weighted by Gasteiger charge is -2.20. The van der Waals surface area contributed by atoms with Crippen LogP contribution in [0.4, 0.5) is 0 Å². The van der Waals surface area contributed by atoms with Crippen LogP contribution < -0.4 is 0 Å². The van der Waals surface area contributed by atoms with Crippen molar-refractivity contribution in [1.29, 1.82) is 0 Å². The van der Waals surface area contributed by atoms with E-state index in [9.17, 15) is 14.4 Å². The smallest absolute Gasteiger partial charge is 0.328 e. The zero-order chi connectivity index (χ0) is 14.1. The number of carbonyl (C=O) groups excluding carboxylic acids is 3. The van der Waals surface area contributed by atoms with Crippen molar-refractivity contribution in [3.05, 3.63) is 35.4 Å². The summed E-state index contributed by atoms with van der Waals surface area (Å²) in [7, 11) is 3.04. The molecule has 0 N–H and O–H groups in total. The molecule has 1 atom stereocenters. The molecule has 5 nitrogen and oxygen atoms in total. The zero-order valence-corrected chi connectivity index (χ0v) is 12.0. The van der Waals surface area contributed by atoms with E-state index in [0.29, 0.717) is 11.5 Å². The fourth-order valence-corrected chi connectivity index (χ4v) is 4.65. The maximum Gasteiger partial charge on any atom is 0.346 e. The van der Waals surface area contributed by atoms with Crippen LogP contribution in [0.15, 0.2) is 24.3 Å². The van der Waals surface area contributed by atoms with Crippen molar-refractivity contribution in [2.24, 2.45) is 0 Å². The molecule has 1 aromatic carbocycles. The molecule has 104 valence electrons. The Morgan fingerprint density at radius 3 is 2.40 bits per heavy atom. The van der Waals surface area contributed by atoms with Crippen molar-refractivity contribution >= 4 is 39.4 Å². The Morgan fingerprint density at radius 1 is 1.20 bits per heavy atom. The average Bonchev–Trinajstić information content (AvgIpc) is 2.74. The van der Waals surface area contributed by atoms with Crippen LogP contribution in [0, 0.1) is 0 Å². The fourth-order valence-electron chi connectivity index (χ4n) is 2.06. The molecular formula is C13H11NO4S2. The van der Waals surface area contributed by atoms with Crippen molar-refractivity contribution < 1.29 is 19.2 Å². The molecule has 1 fully saturated rings. The Hall–Kier alpha value is -1.47. The molecule has 20 heavy (non-hydrogen) atoms. The van der Waals surface area contributed by atoms with Gasteiger partial charge in [-0.3, -0.25) is 9.59 Å². The highest BCUT2D eigenvalue weighted by molar-refractivity contribution is 8.77. The van der Waals surface area contributed by atoms with E-state index in [1.807, 2.05) is 0 Å². The third kappa shape index (κ3) is 2.31. The van der Waals surface area contributed by atoms with Crippen LogP contribution in [0.2, 0.25) is 0 Å². The lowest BCUT2D eigenvalue weighted by molar-refractivity contribution is -0.167. The summed E-state index contributed by atoms with van der Waals surface area (Å²) in [5.74, 6) is -0.682. The summed E-state index contributed by atoms with van der Waals surface area (Å²) in [6.07, 6.45) is 1.64. The topological polar surface area (TPSA) is 63.7 Å². The summed E-state index contributed by atoms with van der Waals surface area (Å²) in [6, 6.07) is 6.44. The Balaban J connectivity index is 1.74. The molecule has 0 aromatic heterocycles. The first-order chi connectivity index (χ1) is 9.68. The van der Waals surface area contributed by atoms with E-state index in [4.69, 9.17) is 4.84 Å². The maximum absolute atomic E-state index is 12.0. The average molecular weight is 309 g/mol. The van der Waals surface area contributed by atoms with Gasteiger partial charge >= 0.3 is 5.97 Å². The summed E-state index contributed by atoms with van der Waals surface area (Å²) in [4.78, 5) is 41.1. The van der Waals surface area contributed by atoms with Gasteiger partial charge in [0.05, 0.1) is 11.1 Å². The Labute approximate surface area is 123 Å². The lowest BCUT2D eigenvalue weighted by Crippen LogP contribution is -2.36. The number of rotatable bonds is 2. The number of fused-ring (bicyclic) bond motifs is 1. The van der Waals surface area contributed by atoms with Crippen molar-refractivity contribution in [3.8, 4) is 0 Å². The van der Waals surface area contributed by atoms with Crippen molar-refractivity contribution in [3.63, 3.8) is 0 Å². The number of hydrogen-bond acceptors (Lipinski definition) is 6. The number of imide groups is 1. The molecule has 3 rings (SSSR count). The molecule has 7 heteroatoms. The minimum Gasteiger partial charge on any atom is -0.328 e. The number of amides is 2. The van der Waals surface area contributed by atoms with Gasteiger partial charge in [-0.15, -0.1) is 0 Å². The number of carbonyl (C=O) groups is 3. The number of nitrogens with zero attached hydrogens (tertiary/aromatic N) is 1. The molecule has 0 bridgehead atoms. The number of hydrogen-bond donors (Lipinski definition) is 0. The van der Waals surface area contributed by atoms with Crippen LogP contribution in [0.5, 0.6) is 0 Å². The molecule has 2 aliphatic rings. The monoisotopic (exact) mass is 309 g/mol. The Morgan fingerprint density at radius 2 is 1.85 bits per heavy atom. The van der Waals surface area contributed by atoms with Crippen LogP contribution in [0.25, 0.3) is 0 Å². The summed E-state index contributed by atoms with van der Waals surface area (Å²) in [5, 5.41) is 0.255. The molecule has 0 radical (unpaired) electrons. The van der Waals surface area contributed by atoms with Gasteiger partial charge in [0.2, 0.25) is 0 Å². The predicted octanol–water partition coefficient (Wildman–Crippen LogP) is 2.28. The van der Waals surface area contributed by atoms with Crippen LogP contribution in [0.3, 0.4) is 0 Å². The second-order valence-corrected chi connectivity index (χ2v) is 7.10. The van der Waals surface area contributed by atoms with Gasteiger partial charge in [0, 0.05) is 5.75 Å². The van der Waals surface area contributed by atoms with E-state index in [1.54, 1.807) is 35.1 Å². The predicted molar refractivity (Wildman–Crippen MR) is 76.1 cm³/mol. The van der Waals surface area contributed by atoms with Crippen LogP contribution >= 0.6 is 21.6 Å². The van der Waals surface area contributed by atoms with Gasteiger partial charge < -0.3 is 4.84 Å². The van der Waals surface area contributed by atoms with Crippen LogP contribution in [-0.2, 0) is 9.63 Å². The summed E-state index contributed by atoms with van der Waals surface area (Å²) in [5.41, 5.74) is 0.548. The van der Waals surface area contributed by atoms with Gasteiger partial charge in [0.25, 0.3) is 11.8 Å². The largest absolute Gasteiger partial charge is 0.346 e. The van der Waals surface area contributed by atoms with Gasteiger partial charge in [-0.25, -0.2) is 4.79 Å². The molecule has 0 spiro atoms. The molecule has 2 aliphatic heterocycles. The highest BCUT2D eigenvalue weighted by atomic mass is 33.1. The van der Waals surface area contributed by atoms with Gasteiger partial charge in [-0.1, -0.05) is 38.8 Å². The molecule has 1 unspecified atom stereocenters. The van der Waals surface area contributed by atoms with Crippen molar-refractivity contribution in [2.45, 2.75) is 18.1 Å². The molecule has 2 heterocycles. The zero-order valence-electron chi connectivity index (χ0n) is 10.4. The second-order valence-electron chi connectivity index (χ2n) is 4.41. The fraction of sp³-hybridized carbons (Fsp3) is 0.308. The minimum absolute atomic E-state index is 0.274. The van der Waals surface area contributed by atoms with Crippen molar-refractivity contribution in [1.82, 2.24) is 5.06 Å². The van der Waals surface area contributed by atoms with Gasteiger partial charge in [-0.05, 0) is 25.0 Å². The van der Waals surface area contributed by atoms with Crippen LogP contribution in [0.1, 0.15) is 33.6 Å². The Bertz CT molecular complexity index is 548. The van der Waals surface area contributed by atoms with E-state index in [1.165, 1.54) is 10.8 Å². The van der Waals surface area contributed by atoms with Gasteiger partial charge in [-0.2, -0.15) is 0 Å².